The monoisotopic (exact) mass is 328 g/mol. The molecule has 0 amide bonds. The van der Waals surface area contributed by atoms with Gasteiger partial charge in [0.05, 0.1) is 6.61 Å². The minimum atomic E-state index is -0.106. The molecule has 1 atom stereocenters. The van der Waals surface area contributed by atoms with E-state index in [0.717, 1.165) is 43.3 Å². The number of aryl methyl sites for hydroxylation is 1. The summed E-state index contributed by atoms with van der Waals surface area (Å²) in [7, 11) is 0. The Morgan fingerprint density at radius 1 is 1.52 bits per heavy atom. The van der Waals surface area contributed by atoms with Crippen molar-refractivity contribution in [2.45, 2.75) is 32.4 Å². The molecule has 0 aliphatic carbocycles. The summed E-state index contributed by atoms with van der Waals surface area (Å²) in [5, 5.41) is 11.3. The molecule has 9 heteroatoms. The molecule has 7 nitrogen and oxygen atoms in total. The average molecular weight is 329 g/mol. The van der Waals surface area contributed by atoms with Crippen LogP contribution < -0.4 is 0 Å². The highest BCUT2D eigenvalue weighted by atomic mass is 35.5. The summed E-state index contributed by atoms with van der Waals surface area (Å²) in [6.45, 7) is 5.03. The molecule has 3 rings (SSSR count). The van der Waals surface area contributed by atoms with Gasteiger partial charge in [0.15, 0.2) is 5.82 Å². The van der Waals surface area contributed by atoms with Gasteiger partial charge in [0.1, 0.15) is 22.0 Å². The first-order valence-electron chi connectivity index (χ1n) is 6.98. The van der Waals surface area contributed by atoms with Crippen molar-refractivity contribution in [1.82, 2.24) is 29.7 Å². The fourth-order valence-electron chi connectivity index (χ4n) is 2.31. The van der Waals surface area contributed by atoms with E-state index in [0.29, 0.717) is 17.5 Å². The van der Waals surface area contributed by atoms with E-state index in [1.807, 2.05) is 0 Å². The van der Waals surface area contributed by atoms with E-state index < -0.39 is 0 Å². The molecule has 1 N–H and O–H groups in total. The maximum Gasteiger partial charge on any atom is 0.180 e. The third-order valence-electron chi connectivity index (χ3n) is 3.36. The summed E-state index contributed by atoms with van der Waals surface area (Å²) in [6, 6.07) is 0. The van der Waals surface area contributed by atoms with Crippen LogP contribution in [0.15, 0.2) is 0 Å². The first kappa shape index (κ1) is 14.8. The second-order valence-corrected chi connectivity index (χ2v) is 6.33. The van der Waals surface area contributed by atoms with Crippen LogP contribution >= 0.6 is 23.1 Å². The Balaban J connectivity index is 1.63. The van der Waals surface area contributed by atoms with Gasteiger partial charge < -0.3 is 4.74 Å². The van der Waals surface area contributed by atoms with Crippen LogP contribution in [0.1, 0.15) is 36.8 Å². The normalized spacial score (nSPS) is 20.0. The molecule has 0 radical (unpaired) electrons. The molecule has 0 spiro atoms. The number of halogens is 1. The molecule has 1 fully saturated rings. The summed E-state index contributed by atoms with van der Waals surface area (Å²) in [5.41, 5.74) is 0.823. The first-order valence-corrected chi connectivity index (χ1v) is 8.13. The molecule has 0 bridgehead atoms. The number of aromatic nitrogens is 5. The number of hydrogen-bond acceptors (Lipinski definition) is 7. The lowest BCUT2D eigenvalue weighted by molar-refractivity contribution is -0.0374. The highest BCUT2D eigenvalue weighted by molar-refractivity contribution is 7.10. The van der Waals surface area contributed by atoms with Crippen molar-refractivity contribution in [1.29, 1.82) is 0 Å². The lowest BCUT2D eigenvalue weighted by Crippen LogP contribution is -2.38. The van der Waals surface area contributed by atoms with E-state index in [-0.39, 0.29) is 6.10 Å². The third-order valence-corrected chi connectivity index (χ3v) is 4.34. The van der Waals surface area contributed by atoms with Crippen LogP contribution in [0.5, 0.6) is 0 Å². The number of hydrogen-bond donors (Lipinski definition) is 1. The van der Waals surface area contributed by atoms with Crippen molar-refractivity contribution in [2.24, 2.45) is 0 Å². The fourth-order valence-corrected chi connectivity index (χ4v) is 2.92. The number of ether oxygens (including phenoxy) is 1. The summed E-state index contributed by atoms with van der Waals surface area (Å²) >= 11 is 7.27. The fraction of sp³-hybridized carbons (Fsp3) is 0.667. The standard InChI is InChI=1S/C12H17ClN6OS/c1-2-3-10-14-12(17-16-10)9-7-19(4-5-20-9)6-8-11(13)21-18-15-8/h9H,2-7H2,1H3,(H,14,16,17)/t9-/m0/s1. The topological polar surface area (TPSA) is 79.8 Å². The highest BCUT2D eigenvalue weighted by Crippen LogP contribution is 2.23. The van der Waals surface area contributed by atoms with Crippen LogP contribution in [-0.4, -0.2) is 49.4 Å². The van der Waals surface area contributed by atoms with Gasteiger partial charge in [-0.2, -0.15) is 5.10 Å². The van der Waals surface area contributed by atoms with Gasteiger partial charge in [-0.05, 0) is 6.42 Å². The zero-order chi connectivity index (χ0) is 14.7. The second-order valence-electron chi connectivity index (χ2n) is 4.98. The predicted molar refractivity (Wildman–Crippen MR) is 79.3 cm³/mol. The van der Waals surface area contributed by atoms with Crippen molar-refractivity contribution >= 4 is 23.1 Å². The van der Waals surface area contributed by atoms with Gasteiger partial charge in [0.2, 0.25) is 0 Å². The van der Waals surface area contributed by atoms with E-state index in [2.05, 4.69) is 36.6 Å². The molecule has 1 saturated heterocycles. The quantitative estimate of drug-likeness (QED) is 0.902. The Bertz CT molecular complexity index is 588. The van der Waals surface area contributed by atoms with Crippen molar-refractivity contribution in [3.8, 4) is 0 Å². The van der Waals surface area contributed by atoms with Gasteiger partial charge in [-0.25, -0.2) is 4.98 Å². The average Bonchev–Trinajstić information content (AvgIpc) is 3.10. The van der Waals surface area contributed by atoms with Crippen molar-refractivity contribution in [3.05, 3.63) is 21.7 Å². The highest BCUT2D eigenvalue weighted by Gasteiger charge is 2.26. The van der Waals surface area contributed by atoms with Crippen LogP contribution in [-0.2, 0) is 17.7 Å². The lowest BCUT2D eigenvalue weighted by atomic mass is 10.2. The van der Waals surface area contributed by atoms with Crippen LogP contribution in [0, 0.1) is 0 Å². The number of morpholine rings is 1. The van der Waals surface area contributed by atoms with Gasteiger partial charge >= 0.3 is 0 Å². The zero-order valence-corrected chi connectivity index (χ0v) is 13.3. The molecule has 1 aliphatic rings. The SMILES string of the molecule is CCCc1nc([C@@H]2CN(Cc3nnsc3Cl)CCO2)n[nH]1. The zero-order valence-electron chi connectivity index (χ0n) is 11.8. The maximum atomic E-state index is 6.06. The van der Waals surface area contributed by atoms with Crippen molar-refractivity contribution in [3.63, 3.8) is 0 Å². The molecule has 0 saturated carbocycles. The summed E-state index contributed by atoms with van der Waals surface area (Å²) in [6.07, 6.45) is 1.84. The summed E-state index contributed by atoms with van der Waals surface area (Å²) in [5.74, 6) is 1.64. The van der Waals surface area contributed by atoms with Crippen LogP contribution in [0.25, 0.3) is 0 Å². The number of rotatable bonds is 5. The first-order chi connectivity index (χ1) is 10.3. The molecule has 3 heterocycles. The summed E-state index contributed by atoms with van der Waals surface area (Å²) < 4.78 is 10.3. The second kappa shape index (κ2) is 6.78. The maximum absolute atomic E-state index is 6.06. The van der Waals surface area contributed by atoms with Crippen molar-refractivity contribution < 1.29 is 4.74 Å². The Hall–Kier alpha value is -1.09. The molecule has 0 unspecified atom stereocenters. The van der Waals surface area contributed by atoms with E-state index in [1.54, 1.807) is 0 Å². The molecule has 114 valence electrons. The Kier molecular flexibility index (Phi) is 4.79. The number of nitrogens with zero attached hydrogens (tertiary/aromatic N) is 5. The lowest BCUT2D eigenvalue weighted by Gasteiger charge is -2.30. The van der Waals surface area contributed by atoms with Crippen LogP contribution in [0.2, 0.25) is 4.34 Å². The smallest absolute Gasteiger partial charge is 0.180 e. The Labute approximate surface area is 131 Å². The number of aromatic amines is 1. The Morgan fingerprint density at radius 2 is 2.43 bits per heavy atom. The van der Waals surface area contributed by atoms with E-state index in [9.17, 15) is 0 Å². The molecule has 1 aliphatic heterocycles. The van der Waals surface area contributed by atoms with Gasteiger partial charge in [0.25, 0.3) is 0 Å². The van der Waals surface area contributed by atoms with Crippen LogP contribution in [0.4, 0.5) is 0 Å². The number of nitrogens with one attached hydrogen (secondary N) is 1. The minimum Gasteiger partial charge on any atom is -0.367 e. The minimum absolute atomic E-state index is 0.106. The molecule has 2 aromatic rings. The van der Waals surface area contributed by atoms with E-state index in [1.165, 1.54) is 11.5 Å². The van der Waals surface area contributed by atoms with Gasteiger partial charge in [-0.15, -0.1) is 5.10 Å². The molecule has 2 aromatic heterocycles. The van der Waals surface area contributed by atoms with Gasteiger partial charge in [0, 0.05) is 37.6 Å². The van der Waals surface area contributed by atoms with Crippen LogP contribution in [0.3, 0.4) is 0 Å². The van der Waals surface area contributed by atoms with E-state index >= 15 is 0 Å². The van der Waals surface area contributed by atoms with Gasteiger partial charge in [-0.1, -0.05) is 23.0 Å². The molecule has 21 heavy (non-hydrogen) atoms. The molecular weight excluding hydrogens is 312 g/mol. The van der Waals surface area contributed by atoms with Crippen molar-refractivity contribution in [2.75, 3.05) is 19.7 Å². The Morgan fingerprint density at radius 3 is 3.19 bits per heavy atom. The van der Waals surface area contributed by atoms with Gasteiger partial charge in [-0.3, -0.25) is 10.00 Å². The third kappa shape index (κ3) is 3.57. The molecular formula is C12H17ClN6OS. The molecule has 0 aromatic carbocycles. The largest absolute Gasteiger partial charge is 0.367 e. The number of H-pyrrole nitrogens is 1. The van der Waals surface area contributed by atoms with E-state index in [4.69, 9.17) is 16.3 Å². The predicted octanol–water partition coefficient (Wildman–Crippen LogP) is 1.84. The summed E-state index contributed by atoms with van der Waals surface area (Å²) in [4.78, 5) is 6.75.